The molecule has 0 saturated carbocycles. The van der Waals surface area contributed by atoms with E-state index < -0.39 is 0 Å². The van der Waals surface area contributed by atoms with E-state index in [1.54, 1.807) is 0 Å². The Bertz CT molecular complexity index is 151. The van der Waals surface area contributed by atoms with Crippen molar-refractivity contribution in [2.24, 2.45) is 4.99 Å². The fourth-order valence-corrected chi connectivity index (χ4v) is 2.07. The second-order valence-electron chi connectivity index (χ2n) is 2.43. The van der Waals surface area contributed by atoms with Crippen LogP contribution in [0.25, 0.3) is 0 Å². The first-order chi connectivity index (χ1) is 4.97. The van der Waals surface area contributed by atoms with Gasteiger partial charge in [0.2, 0.25) is 0 Å². The molecule has 0 aromatic rings. The molecule has 1 saturated heterocycles. The van der Waals surface area contributed by atoms with E-state index in [1.165, 1.54) is 10.9 Å². The van der Waals surface area contributed by atoms with Gasteiger partial charge in [-0.2, -0.15) is 0 Å². The van der Waals surface area contributed by atoms with Gasteiger partial charge in [0, 0.05) is 18.8 Å². The molecule has 0 aliphatic carbocycles. The number of aliphatic imine (C=N–C) groups is 1. The third kappa shape index (κ3) is 1.13. The molecule has 0 bridgehead atoms. The van der Waals surface area contributed by atoms with Crippen LogP contribution < -0.4 is 5.32 Å². The first-order valence-electron chi connectivity index (χ1n) is 3.60. The standard InChI is InChI=1S/C6H11N3S/c1-3-9(5-7-1)6-8-2-4-10-6/h7H,1-5H2. The molecule has 4 heteroatoms. The Morgan fingerprint density at radius 1 is 1.60 bits per heavy atom. The second kappa shape index (κ2) is 2.80. The molecule has 1 fully saturated rings. The van der Waals surface area contributed by atoms with Gasteiger partial charge in [-0.25, -0.2) is 0 Å². The topological polar surface area (TPSA) is 27.6 Å². The van der Waals surface area contributed by atoms with Crippen LogP contribution in [-0.2, 0) is 0 Å². The zero-order chi connectivity index (χ0) is 6.81. The molecule has 56 valence electrons. The molecule has 0 radical (unpaired) electrons. The van der Waals surface area contributed by atoms with Gasteiger partial charge >= 0.3 is 0 Å². The summed E-state index contributed by atoms with van der Waals surface area (Å²) in [6.07, 6.45) is 0. The molecule has 3 nitrogen and oxygen atoms in total. The number of thioether (sulfide) groups is 1. The van der Waals surface area contributed by atoms with E-state index in [9.17, 15) is 0 Å². The van der Waals surface area contributed by atoms with Gasteiger partial charge in [-0.05, 0) is 0 Å². The van der Waals surface area contributed by atoms with Crippen molar-refractivity contribution in [1.29, 1.82) is 0 Å². The van der Waals surface area contributed by atoms with Crippen LogP contribution in [0.2, 0.25) is 0 Å². The SMILES string of the molecule is C1CSC(N2CCNC2)=N1. The fourth-order valence-electron chi connectivity index (χ4n) is 1.19. The Labute approximate surface area is 64.9 Å². The second-order valence-corrected chi connectivity index (χ2v) is 3.50. The molecule has 0 aromatic carbocycles. The lowest BCUT2D eigenvalue weighted by atomic mass is 10.6. The molecule has 1 N–H and O–H groups in total. The minimum Gasteiger partial charge on any atom is -0.337 e. The summed E-state index contributed by atoms with van der Waals surface area (Å²) in [5.74, 6) is 1.17. The highest BCUT2D eigenvalue weighted by molar-refractivity contribution is 8.14. The number of nitrogens with zero attached hydrogens (tertiary/aromatic N) is 2. The summed E-state index contributed by atoms with van der Waals surface area (Å²) in [7, 11) is 0. The molecule has 0 aromatic heterocycles. The molecule has 2 aliphatic rings. The summed E-state index contributed by atoms with van der Waals surface area (Å²) >= 11 is 1.88. The smallest absolute Gasteiger partial charge is 0.160 e. The van der Waals surface area contributed by atoms with Crippen molar-refractivity contribution >= 4 is 16.9 Å². The van der Waals surface area contributed by atoms with Gasteiger partial charge in [-0.15, -0.1) is 0 Å². The summed E-state index contributed by atoms with van der Waals surface area (Å²) in [4.78, 5) is 6.69. The van der Waals surface area contributed by atoms with E-state index in [-0.39, 0.29) is 0 Å². The van der Waals surface area contributed by atoms with Crippen LogP contribution in [-0.4, -0.2) is 42.1 Å². The summed E-state index contributed by atoms with van der Waals surface area (Å²) in [6, 6.07) is 0. The predicted octanol–water partition coefficient (Wildman–Crippen LogP) is -0.0481. The average molecular weight is 157 g/mol. The number of hydrogen-bond donors (Lipinski definition) is 1. The Morgan fingerprint density at radius 3 is 3.20 bits per heavy atom. The molecule has 2 aliphatic heterocycles. The van der Waals surface area contributed by atoms with Crippen molar-refractivity contribution in [3.8, 4) is 0 Å². The number of hydrogen-bond acceptors (Lipinski definition) is 4. The summed E-state index contributed by atoms with van der Waals surface area (Å²) in [5, 5.41) is 4.52. The highest BCUT2D eigenvalue weighted by atomic mass is 32.2. The monoisotopic (exact) mass is 157 g/mol. The third-order valence-corrected chi connectivity index (χ3v) is 2.73. The molecule has 0 spiro atoms. The van der Waals surface area contributed by atoms with Gasteiger partial charge in [-0.3, -0.25) is 10.3 Å². The van der Waals surface area contributed by atoms with Gasteiger partial charge in [0.25, 0.3) is 0 Å². The lowest BCUT2D eigenvalue weighted by Gasteiger charge is -2.14. The number of rotatable bonds is 0. The third-order valence-electron chi connectivity index (χ3n) is 1.70. The zero-order valence-electron chi connectivity index (χ0n) is 5.84. The fraction of sp³-hybridized carbons (Fsp3) is 0.833. The highest BCUT2D eigenvalue weighted by Crippen LogP contribution is 2.15. The number of nitrogens with one attached hydrogen (secondary N) is 1. The van der Waals surface area contributed by atoms with E-state index in [2.05, 4.69) is 15.2 Å². The maximum atomic E-state index is 4.38. The summed E-state index contributed by atoms with van der Waals surface area (Å²) in [6.45, 7) is 4.24. The van der Waals surface area contributed by atoms with Crippen molar-refractivity contribution in [3.05, 3.63) is 0 Å². The quantitative estimate of drug-likeness (QED) is 0.534. The van der Waals surface area contributed by atoms with Crippen LogP contribution in [0.3, 0.4) is 0 Å². The normalized spacial score (nSPS) is 25.6. The zero-order valence-corrected chi connectivity index (χ0v) is 6.65. The molecule has 2 heterocycles. The van der Waals surface area contributed by atoms with E-state index in [0.717, 1.165) is 26.3 Å². The van der Waals surface area contributed by atoms with Crippen LogP contribution in [0.1, 0.15) is 0 Å². The van der Waals surface area contributed by atoms with Crippen LogP contribution in [0.5, 0.6) is 0 Å². The van der Waals surface area contributed by atoms with Crippen molar-refractivity contribution in [2.45, 2.75) is 0 Å². The van der Waals surface area contributed by atoms with Crippen LogP contribution >= 0.6 is 11.8 Å². The minimum absolute atomic E-state index is 0.992. The molecule has 0 amide bonds. The Hall–Kier alpha value is -0.220. The summed E-state index contributed by atoms with van der Waals surface area (Å²) in [5.41, 5.74) is 0. The van der Waals surface area contributed by atoms with Gasteiger partial charge in [0.1, 0.15) is 0 Å². The Kier molecular flexibility index (Phi) is 1.82. The van der Waals surface area contributed by atoms with E-state index in [4.69, 9.17) is 0 Å². The van der Waals surface area contributed by atoms with Crippen molar-refractivity contribution in [1.82, 2.24) is 10.2 Å². The average Bonchev–Trinajstić information content (AvgIpc) is 2.59. The lowest BCUT2D eigenvalue weighted by Crippen LogP contribution is -2.26. The molecule has 0 unspecified atom stereocenters. The van der Waals surface area contributed by atoms with Gasteiger partial charge in [0.05, 0.1) is 13.2 Å². The first-order valence-corrected chi connectivity index (χ1v) is 4.58. The van der Waals surface area contributed by atoms with Crippen molar-refractivity contribution < 1.29 is 0 Å². The van der Waals surface area contributed by atoms with Crippen LogP contribution in [0.4, 0.5) is 0 Å². The van der Waals surface area contributed by atoms with Gasteiger partial charge in [-0.1, -0.05) is 11.8 Å². The first kappa shape index (κ1) is 6.49. The van der Waals surface area contributed by atoms with Crippen molar-refractivity contribution in [3.63, 3.8) is 0 Å². The molecule has 10 heavy (non-hydrogen) atoms. The summed E-state index contributed by atoms with van der Waals surface area (Å²) < 4.78 is 0. The van der Waals surface area contributed by atoms with E-state index in [1.807, 2.05) is 11.8 Å². The molecule has 0 atom stereocenters. The molecule has 2 rings (SSSR count). The van der Waals surface area contributed by atoms with Crippen LogP contribution in [0.15, 0.2) is 4.99 Å². The highest BCUT2D eigenvalue weighted by Gasteiger charge is 2.18. The minimum atomic E-state index is 0.992. The predicted molar refractivity (Wildman–Crippen MR) is 44.3 cm³/mol. The lowest BCUT2D eigenvalue weighted by molar-refractivity contribution is 0.521. The maximum Gasteiger partial charge on any atom is 0.160 e. The maximum absolute atomic E-state index is 4.38. The molecular formula is C6H11N3S. The van der Waals surface area contributed by atoms with Crippen molar-refractivity contribution in [2.75, 3.05) is 32.1 Å². The van der Waals surface area contributed by atoms with E-state index >= 15 is 0 Å². The van der Waals surface area contributed by atoms with Gasteiger partial charge in [0.15, 0.2) is 5.17 Å². The molecular weight excluding hydrogens is 146 g/mol. The Morgan fingerprint density at radius 2 is 2.60 bits per heavy atom. The Balaban J connectivity index is 1.97. The van der Waals surface area contributed by atoms with E-state index in [0.29, 0.717) is 0 Å². The number of amidine groups is 1. The largest absolute Gasteiger partial charge is 0.337 e. The van der Waals surface area contributed by atoms with Crippen LogP contribution in [0, 0.1) is 0 Å². The van der Waals surface area contributed by atoms with Gasteiger partial charge < -0.3 is 4.90 Å².